The molecular formula is C14H20ClNO2. The molecule has 0 spiro atoms. The number of halogens is 1. The molecule has 0 radical (unpaired) electrons. The molecule has 1 aliphatic rings. The van der Waals surface area contributed by atoms with Crippen LogP contribution in [0.3, 0.4) is 0 Å². The number of hydrogen-bond acceptors (Lipinski definition) is 3. The Morgan fingerprint density at radius 1 is 1.22 bits per heavy atom. The van der Waals surface area contributed by atoms with Gasteiger partial charge in [-0.15, -0.1) is 0 Å². The predicted molar refractivity (Wildman–Crippen MR) is 72.7 cm³/mol. The highest BCUT2D eigenvalue weighted by atomic mass is 35.5. The molecule has 0 saturated carbocycles. The third kappa shape index (κ3) is 3.23. The van der Waals surface area contributed by atoms with Crippen LogP contribution in [-0.4, -0.2) is 40.3 Å². The summed E-state index contributed by atoms with van der Waals surface area (Å²) >= 11 is 5.84. The number of piperidine rings is 1. The molecule has 1 aromatic rings. The first kappa shape index (κ1) is 13.8. The number of aliphatic hydroxyl groups excluding tert-OH is 2. The molecule has 1 aromatic carbocycles. The standard InChI is InChI=1S/C14H20ClNO2/c1-10(16-8-6-13(17)7-9-16)14(18)11-2-4-12(15)5-3-11/h2-5,10,13-14,17-18H,6-9H2,1H3/t10-,14-/m0/s1. The normalized spacial score (nSPS) is 21.8. The van der Waals surface area contributed by atoms with Crippen LogP contribution in [0, 0.1) is 0 Å². The Morgan fingerprint density at radius 3 is 2.33 bits per heavy atom. The SMILES string of the molecule is C[C@@H]([C@H](O)c1ccc(Cl)cc1)N1CCC(O)CC1. The Kier molecular flexibility index (Phi) is 4.62. The average molecular weight is 270 g/mol. The van der Waals surface area contributed by atoms with Crippen LogP contribution in [0.1, 0.15) is 31.4 Å². The van der Waals surface area contributed by atoms with Crippen LogP contribution in [0.4, 0.5) is 0 Å². The monoisotopic (exact) mass is 269 g/mol. The van der Waals surface area contributed by atoms with E-state index in [0.717, 1.165) is 31.5 Å². The Labute approximate surface area is 113 Å². The van der Waals surface area contributed by atoms with E-state index in [9.17, 15) is 10.2 Å². The molecule has 1 aliphatic heterocycles. The Hall–Kier alpha value is -0.610. The maximum Gasteiger partial charge on any atom is 0.0942 e. The maximum atomic E-state index is 10.4. The maximum absolute atomic E-state index is 10.4. The smallest absolute Gasteiger partial charge is 0.0942 e. The van der Waals surface area contributed by atoms with E-state index in [4.69, 9.17) is 11.6 Å². The zero-order valence-electron chi connectivity index (χ0n) is 10.6. The fourth-order valence-corrected chi connectivity index (χ4v) is 2.56. The van der Waals surface area contributed by atoms with E-state index in [-0.39, 0.29) is 12.1 Å². The first-order valence-electron chi connectivity index (χ1n) is 6.43. The van der Waals surface area contributed by atoms with Crippen molar-refractivity contribution in [2.45, 2.75) is 38.0 Å². The highest BCUT2D eigenvalue weighted by Gasteiger charge is 2.26. The molecule has 3 nitrogen and oxygen atoms in total. The fraction of sp³-hybridized carbons (Fsp3) is 0.571. The molecular weight excluding hydrogens is 250 g/mol. The van der Waals surface area contributed by atoms with Crippen LogP contribution in [0.25, 0.3) is 0 Å². The second-order valence-electron chi connectivity index (χ2n) is 5.00. The van der Waals surface area contributed by atoms with Crippen LogP contribution < -0.4 is 0 Å². The summed E-state index contributed by atoms with van der Waals surface area (Å²) in [5.41, 5.74) is 0.887. The molecule has 0 amide bonds. The lowest BCUT2D eigenvalue weighted by Crippen LogP contribution is -2.44. The summed E-state index contributed by atoms with van der Waals surface area (Å²) in [6, 6.07) is 7.38. The van der Waals surface area contributed by atoms with Gasteiger partial charge in [0.2, 0.25) is 0 Å². The molecule has 1 fully saturated rings. The van der Waals surface area contributed by atoms with Gasteiger partial charge < -0.3 is 10.2 Å². The van der Waals surface area contributed by atoms with Gasteiger partial charge >= 0.3 is 0 Å². The van der Waals surface area contributed by atoms with Gasteiger partial charge in [0, 0.05) is 24.2 Å². The summed E-state index contributed by atoms with van der Waals surface area (Å²) in [5, 5.41) is 20.5. The lowest BCUT2D eigenvalue weighted by atomic mass is 9.99. The van der Waals surface area contributed by atoms with Crippen molar-refractivity contribution in [3.63, 3.8) is 0 Å². The van der Waals surface area contributed by atoms with Gasteiger partial charge in [-0.3, -0.25) is 4.90 Å². The average Bonchev–Trinajstić information content (AvgIpc) is 2.39. The third-order valence-electron chi connectivity index (χ3n) is 3.74. The molecule has 2 N–H and O–H groups in total. The van der Waals surface area contributed by atoms with Crippen LogP contribution >= 0.6 is 11.6 Å². The van der Waals surface area contributed by atoms with E-state index in [1.54, 1.807) is 12.1 Å². The van der Waals surface area contributed by atoms with Crippen LogP contribution in [0.5, 0.6) is 0 Å². The first-order chi connectivity index (χ1) is 8.58. The van der Waals surface area contributed by atoms with Crippen molar-refractivity contribution in [2.24, 2.45) is 0 Å². The topological polar surface area (TPSA) is 43.7 Å². The zero-order valence-corrected chi connectivity index (χ0v) is 11.3. The number of hydrogen-bond donors (Lipinski definition) is 2. The quantitative estimate of drug-likeness (QED) is 0.884. The Morgan fingerprint density at radius 2 is 1.78 bits per heavy atom. The zero-order chi connectivity index (χ0) is 13.1. The number of nitrogens with zero attached hydrogens (tertiary/aromatic N) is 1. The van der Waals surface area contributed by atoms with E-state index in [2.05, 4.69) is 4.90 Å². The van der Waals surface area contributed by atoms with Gasteiger partial charge in [-0.05, 0) is 37.5 Å². The van der Waals surface area contributed by atoms with Crippen LogP contribution in [-0.2, 0) is 0 Å². The highest BCUT2D eigenvalue weighted by Crippen LogP contribution is 2.24. The van der Waals surface area contributed by atoms with Crippen molar-refractivity contribution >= 4 is 11.6 Å². The summed E-state index contributed by atoms with van der Waals surface area (Å²) in [6.07, 6.45) is 0.883. The third-order valence-corrected chi connectivity index (χ3v) is 4.00. The molecule has 2 atom stereocenters. The van der Waals surface area contributed by atoms with E-state index in [1.807, 2.05) is 19.1 Å². The van der Waals surface area contributed by atoms with Crippen molar-refractivity contribution < 1.29 is 10.2 Å². The van der Waals surface area contributed by atoms with Crippen LogP contribution in [0.15, 0.2) is 24.3 Å². The molecule has 100 valence electrons. The number of benzene rings is 1. The number of likely N-dealkylation sites (tertiary alicyclic amines) is 1. The van der Waals surface area contributed by atoms with Crippen molar-refractivity contribution in [1.82, 2.24) is 4.90 Å². The molecule has 0 bridgehead atoms. The van der Waals surface area contributed by atoms with Gasteiger partial charge in [-0.1, -0.05) is 23.7 Å². The summed E-state index contributed by atoms with van der Waals surface area (Å²) in [4.78, 5) is 2.23. The summed E-state index contributed by atoms with van der Waals surface area (Å²) < 4.78 is 0. The second-order valence-corrected chi connectivity index (χ2v) is 5.44. The number of aliphatic hydroxyl groups is 2. The summed E-state index contributed by atoms with van der Waals surface area (Å²) in [5.74, 6) is 0. The van der Waals surface area contributed by atoms with Gasteiger partial charge in [0.1, 0.15) is 0 Å². The van der Waals surface area contributed by atoms with Gasteiger partial charge in [0.05, 0.1) is 12.2 Å². The van der Waals surface area contributed by atoms with Crippen molar-refractivity contribution in [3.8, 4) is 0 Å². The molecule has 0 unspecified atom stereocenters. The second kappa shape index (κ2) is 6.02. The molecule has 1 saturated heterocycles. The predicted octanol–water partition coefficient (Wildman–Crippen LogP) is 2.22. The van der Waals surface area contributed by atoms with Crippen molar-refractivity contribution in [1.29, 1.82) is 0 Å². The van der Waals surface area contributed by atoms with Crippen molar-refractivity contribution in [3.05, 3.63) is 34.9 Å². The van der Waals surface area contributed by atoms with E-state index >= 15 is 0 Å². The van der Waals surface area contributed by atoms with Crippen LogP contribution in [0.2, 0.25) is 5.02 Å². The summed E-state index contributed by atoms with van der Waals surface area (Å²) in [6.45, 7) is 3.71. The highest BCUT2D eigenvalue weighted by molar-refractivity contribution is 6.30. The number of rotatable bonds is 3. The lowest BCUT2D eigenvalue weighted by Gasteiger charge is -2.36. The van der Waals surface area contributed by atoms with Crippen molar-refractivity contribution in [2.75, 3.05) is 13.1 Å². The molecule has 0 aromatic heterocycles. The Balaban J connectivity index is 1.99. The molecule has 0 aliphatic carbocycles. The minimum absolute atomic E-state index is 0.0543. The van der Waals surface area contributed by atoms with Gasteiger partial charge in [0.25, 0.3) is 0 Å². The molecule has 4 heteroatoms. The lowest BCUT2D eigenvalue weighted by molar-refractivity contribution is 0.0139. The molecule has 18 heavy (non-hydrogen) atoms. The molecule has 1 heterocycles. The largest absolute Gasteiger partial charge is 0.393 e. The van der Waals surface area contributed by atoms with E-state index < -0.39 is 6.10 Å². The van der Waals surface area contributed by atoms with E-state index in [0.29, 0.717) is 5.02 Å². The molecule has 2 rings (SSSR count). The fourth-order valence-electron chi connectivity index (χ4n) is 2.43. The van der Waals surface area contributed by atoms with Gasteiger partial charge in [-0.25, -0.2) is 0 Å². The minimum Gasteiger partial charge on any atom is -0.393 e. The van der Waals surface area contributed by atoms with E-state index in [1.165, 1.54) is 0 Å². The minimum atomic E-state index is -0.516. The van der Waals surface area contributed by atoms with Gasteiger partial charge in [-0.2, -0.15) is 0 Å². The summed E-state index contributed by atoms with van der Waals surface area (Å²) in [7, 11) is 0. The first-order valence-corrected chi connectivity index (χ1v) is 6.81. The Bertz CT molecular complexity index is 374. The van der Waals surface area contributed by atoms with Gasteiger partial charge in [0.15, 0.2) is 0 Å².